The van der Waals surface area contributed by atoms with Crippen LogP contribution >= 0.6 is 0 Å². The third-order valence-electron chi connectivity index (χ3n) is 3.94. The Morgan fingerprint density at radius 3 is 2.43 bits per heavy atom. The first kappa shape index (κ1) is 14.9. The summed E-state index contributed by atoms with van der Waals surface area (Å²) in [6.45, 7) is 1.83. The molecule has 114 valence electrons. The highest BCUT2D eigenvalue weighted by Gasteiger charge is 2.08. The van der Waals surface area contributed by atoms with Crippen LogP contribution in [0.25, 0.3) is 22.7 Å². The Morgan fingerprint density at radius 1 is 1.09 bits per heavy atom. The summed E-state index contributed by atoms with van der Waals surface area (Å²) in [7, 11) is 4.07. The number of para-hydroxylation sites is 1. The predicted molar refractivity (Wildman–Crippen MR) is 96.9 cm³/mol. The topological polar surface area (TPSA) is 32.0 Å². The second-order valence-corrected chi connectivity index (χ2v) is 5.82. The first-order chi connectivity index (χ1) is 11.1. The number of hydrogen-bond acceptors (Lipinski definition) is 2. The maximum atomic E-state index is 9.04. The van der Waals surface area contributed by atoms with Gasteiger partial charge in [-0.3, -0.25) is 0 Å². The monoisotopic (exact) mass is 301 g/mol. The van der Waals surface area contributed by atoms with Gasteiger partial charge < -0.3 is 9.47 Å². The Labute approximate surface area is 136 Å². The summed E-state index contributed by atoms with van der Waals surface area (Å²) in [5, 5.41) is 10.2. The van der Waals surface area contributed by atoms with Crippen LogP contribution in [0.2, 0.25) is 0 Å². The molecule has 3 aromatic rings. The lowest BCUT2D eigenvalue weighted by Crippen LogP contribution is -2.08. The van der Waals surface area contributed by atoms with Crippen LogP contribution in [-0.4, -0.2) is 18.7 Å². The lowest BCUT2D eigenvalue weighted by molar-refractivity contribution is 1.10. The first-order valence-corrected chi connectivity index (χ1v) is 7.56. The zero-order valence-electron chi connectivity index (χ0n) is 13.6. The highest BCUT2D eigenvalue weighted by molar-refractivity contribution is 5.91. The Hall–Kier alpha value is -2.99. The summed E-state index contributed by atoms with van der Waals surface area (Å²) in [6, 6.07) is 18.9. The fourth-order valence-electron chi connectivity index (χ4n) is 2.71. The average molecular weight is 301 g/mol. The number of fused-ring (bicyclic) bond motifs is 1. The summed E-state index contributed by atoms with van der Waals surface area (Å²) in [5.74, 6) is 0. The molecule has 3 heteroatoms. The molecule has 0 N–H and O–H groups in total. The molecule has 0 amide bonds. The zero-order valence-corrected chi connectivity index (χ0v) is 13.6. The fourth-order valence-corrected chi connectivity index (χ4v) is 2.71. The molecular formula is C20H19N3. The summed E-state index contributed by atoms with van der Waals surface area (Å²) >= 11 is 0. The van der Waals surface area contributed by atoms with Crippen LogP contribution in [0.4, 0.5) is 5.69 Å². The van der Waals surface area contributed by atoms with Crippen molar-refractivity contribution < 1.29 is 0 Å². The van der Waals surface area contributed by atoms with Gasteiger partial charge in [0, 0.05) is 48.2 Å². The predicted octanol–water partition coefficient (Wildman–Crippen LogP) is 4.62. The molecule has 0 aliphatic heterocycles. The average Bonchev–Trinajstić information content (AvgIpc) is 2.93. The molecule has 3 rings (SSSR count). The van der Waals surface area contributed by atoms with E-state index in [1.807, 2.05) is 39.2 Å². The van der Waals surface area contributed by atoms with Crippen molar-refractivity contribution in [3.8, 4) is 11.8 Å². The maximum Gasteiger partial charge on any atom is 0.0944 e. The van der Waals surface area contributed by atoms with E-state index in [9.17, 15) is 0 Å². The standard InChI is InChI=1S/C20H19N3/c1-15(13-21)12-16-14-23(20-7-5-4-6-19(16)20)18-10-8-17(9-11-18)22(2)3/h4-12,14H,1-3H3/b15-12-. The number of nitriles is 1. The normalized spacial score (nSPS) is 11.5. The number of nitrogens with zero attached hydrogens (tertiary/aromatic N) is 3. The van der Waals surface area contributed by atoms with Gasteiger partial charge in [0.1, 0.15) is 0 Å². The number of hydrogen-bond donors (Lipinski definition) is 0. The van der Waals surface area contributed by atoms with Crippen molar-refractivity contribution in [2.24, 2.45) is 0 Å². The lowest BCUT2D eigenvalue weighted by Gasteiger charge is -2.13. The van der Waals surface area contributed by atoms with E-state index in [1.54, 1.807) is 0 Å². The van der Waals surface area contributed by atoms with E-state index < -0.39 is 0 Å². The van der Waals surface area contributed by atoms with E-state index in [0.717, 1.165) is 22.2 Å². The molecule has 0 aliphatic carbocycles. The molecule has 0 bridgehead atoms. The Bertz CT molecular complexity index is 906. The summed E-state index contributed by atoms with van der Waals surface area (Å²) in [6.07, 6.45) is 4.03. The van der Waals surface area contributed by atoms with Gasteiger partial charge in [0.2, 0.25) is 0 Å². The first-order valence-electron chi connectivity index (χ1n) is 7.56. The lowest BCUT2D eigenvalue weighted by atomic mass is 10.1. The van der Waals surface area contributed by atoms with Crippen molar-refractivity contribution in [3.63, 3.8) is 0 Å². The second kappa shape index (κ2) is 6.02. The van der Waals surface area contributed by atoms with Gasteiger partial charge in [-0.25, -0.2) is 0 Å². The van der Waals surface area contributed by atoms with Gasteiger partial charge in [0.15, 0.2) is 0 Å². The zero-order chi connectivity index (χ0) is 16.4. The largest absolute Gasteiger partial charge is 0.378 e. The molecule has 1 heterocycles. The molecule has 0 fully saturated rings. The third kappa shape index (κ3) is 2.84. The molecule has 1 aromatic heterocycles. The van der Waals surface area contributed by atoms with Gasteiger partial charge in [-0.15, -0.1) is 0 Å². The van der Waals surface area contributed by atoms with Crippen LogP contribution in [0.5, 0.6) is 0 Å². The van der Waals surface area contributed by atoms with E-state index in [0.29, 0.717) is 5.57 Å². The molecule has 0 saturated carbocycles. The van der Waals surface area contributed by atoms with E-state index in [2.05, 4.69) is 58.1 Å². The molecule has 0 atom stereocenters. The highest BCUT2D eigenvalue weighted by atomic mass is 15.1. The van der Waals surface area contributed by atoms with Gasteiger partial charge in [-0.1, -0.05) is 18.2 Å². The molecule has 0 saturated heterocycles. The number of aromatic nitrogens is 1. The SMILES string of the molecule is C/C(C#N)=C/c1cn(-c2ccc(N(C)C)cc2)c2ccccc12. The smallest absolute Gasteiger partial charge is 0.0944 e. The van der Waals surface area contributed by atoms with Crippen molar-refractivity contribution in [2.75, 3.05) is 19.0 Å². The van der Waals surface area contributed by atoms with E-state index in [-0.39, 0.29) is 0 Å². The molecular weight excluding hydrogens is 282 g/mol. The maximum absolute atomic E-state index is 9.04. The number of rotatable bonds is 3. The van der Waals surface area contributed by atoms with E-state index >= 15 is 0 Å². The fraction of sp³-hybridized carbons (Fsp3) is 0.150. The molecule has 23 heavy (non-hydrogen) atoms. The minimum Gasteiger partial charge on any atom is -0.378 e. The van der Waals surface area contributed by atoms with Crippen molar-refractivity contribution in [1.82, 2.24) is 4.57 Å². The van der Waals surface area contributed by atoms with Crippen molar-refractivity contribution in [1.29, 1.82) is 5.26 Å². The quantitative estimate of drug-likeness (QED) is 0.661. The highest BCUT2D eigenvalue weighted by Crippen LogP contribution is 2.27. The van der Waals surface area contributed by atoms with Crippen LogP contribution in [0.3, 0.4) is 0 Å². The molecule has 0 unspecified atom stereocenters. The van der Waals surface area contributed by atoms with Crippen molar-refractivity contribution >= 4 is 22.7 Å². The van der Waals surface area contributed by atoms with E-state index in [1.165, 1.54) is 5.69 Å². The summed E-state index contributed by atoms with van der Waals surface area (Å²) < 4.78 is 2.17. The number of anilines is 1. The van der Waals surface area contributed by atoms with Gasteiger partial charge in [0.25, 0.3) is 0 Å². The molecule has 2 aromatic carbocycles. The van der Waals surface area contributed by atoms with Crippen LogP contribution < -0.4 is 4.90 Å². The minimum atomic E-state index is 0.704. The molecule has 0 spiro atoms. The second-order valence-electron chi connectivity index (χ2n) is 5.82. The molecule has 0 radical (unpaired) electrons. The van der Waals surface area contributed by atoms with Crippen LogP contribution in [0, 0.1) is 11.3 Å². The molecule has 3 nitrogen and oxygen atoms in total. The van der Waals surface area contributed by atoms with Crippen LogP contribution in [-0.2, 0) is 0 Å². The number of benzene rings is 2. The van der Waals surface area contributed by atoms with Gasteiger partial charge in [-0.2, -0.15) is 5.26 Å². The Kier molecular flexibility index (Phi) is 3.91. The van der Waals surface area contributed by atoms with Gasteiger partial charge in [0.05, 0.1) is 11.6 Å². The minimum absolute atomic E-state index is 0.704. The van der Waals surface area contributed by atoms with Crippen LogP contribution in [0.1, 0.15) is 12.5 Å². The number of allylic oxidation sites excluding steroid dienone is 1. The van der Waals surface area contributed by atoms with Crippen molar-refractivity contribution in [3.05, 3.63) is 65.9 Å². The Morgan fingerprint density at radius 2 is 1.78 bits per heavy atom. The van der Waals surface area contributed by atoms with Gasteiger partial charge >= 0.3 is 0 Å². The van der Waals surface area contributed by atoms with Crippen molar-refractivity contribution in [2.45, 2.75) is 6.92 Å². The third-order valence-corrected chi connectivity index (χ3v) is 3.94. The molecule has 0 aliphatic rings. The van der Waals surface area contributed by atoms with E-state index in [4.69, 9.17) is 5.26 Å². The summed E-state index contributed by atoms with van der Waals surface area (Å²) in [4.78, 5) is 2.09. The summed E-state index contributed by atoms with van der Waals surface area (Å²) in [5.41, 5.74) is 5.20. The van der Waals surface area contributed by atoms with Gasteiger partial charge in [-0.05, 0) is 43.3 Å². The van der Waals surface area contributed by atoms with Crippen LogP contribution in [0.15, 0.2) is 60.3 Å². The Balaban J connectivity index is 2.16.